The number of guanidine groups is 1. The quantitative estimate of drug-likeness (QED) is 0.420. The van der Waals surface area contributed by atoms with Crippen LogP contribution in [0.1, 0.15) is 38.5 Å². The Labute approximate surface area is 155 Å². The number of halogens is 1. The number of nitrogens with zero attached hydrogens (tertiary/aromatic N) is 1. The van der Waals surface area contributed by atoms with Gasteiger partial charge >= 0.3 is 0 Å². The summed E-state index contributed by atoms with van der Waals surface area (Å²) in [5.74, 6) is 0.970. The minimum Gasteiger partial charge on any atom is -0.355 e. The number of aliphatic imine (C=N–C) groups is 1. The van der Waals surface area contributed by atoms with Gasteiger partial charge < -0.3 is 10.6 Å². The molecule has 3 rings (SSSR count). The lowest BCUT2D eigenvalue weighted by Crippen LogP contribution is -2.45. The zero-order valence-corrected chi connectivity index (χ0v) is 16.3. The topological polar surface area (TPSA) is 36.4 Å². The summed E-state index contributed by atoms with van der Waals surface area (Å²) in [5, 5.41) is 7.04. The van der Waals surface area contributed by atoms with E-state index in [9.17, 15) is 0 Å². The van der Waals surface area contributed by atoms with E-state index in [1.54, 1.807) is 0 Å². The highest BCUT2D eigenvalue weighted by atomic mass is 127. The Balaban J connectivity index is 0.00000176. The SMILES string of the molecule is CN=C(NCC1(Sc2ccccc2)CCCC1)NC1CC1.I. The molecular weight excluding hydrogens is 405 g/mol. The molecule has 0 heterocycles. The molecule has 0 atom stereocenters. The molecule has 2 saturated carbocycles. The fourth-order valence-corrected chi connectivity index (χ4v) is 4.36. The first kappa shape index (κ1) is 17.9. The fourth-order valence-electron chi connectivity index (χ4n) is 2.93. The van der Waals surface area contributed by atoms with Crippen LogP contribution in [0.3, 0.4) is 0 Å². The summed E-state index contributed by atoms with van der Waals surface area (Å²) in [6.45, 7) is 0.999. The molecule has 5 heteroatoms. The second kappa shape index (κ2) is 8.43. The summed E-state index contributed by atoms with van der Waals surface area (Å²) < 4.78 is 0.322. The van der Waals surface area contributed by atoms with Gasteiger partial charge in [0.05, 0.1) is 0 Å². The molecule has 0 aromatic heterocycles. The van der Waals surface area contributed by atoms with E-state index in [-0.39, 0.29) is 24.0 Å². The maximum atomic E-state index is 4.35. The molecule has 122 valence electrons. The molecule has 0 unspecified atom stereocenters. The molecule has 0 bridgehead atoms. The highest BCUT2D eigenvalue weighted by Gasteiger charge is 2.35. The summed E-state index contributed by atoms with van der Waals surface area (Å²) in [4.78, 5) is 5.73. The number of nitrogens with one attached hydrogen (secondary N) is 2. The van der Waals surface area contributed by atoms with Crippen LogP contribution < -0.4 is 10.6 Å². The third-order valence-corrected chi connectivity index (χ3v) is 5.81. The van der Waals surface area contributed by atoms with Crippen LogP contribution in [0.5, 0.6) is 0 Å². The average molecular weight is 431 g/mol. The molecule has 2 N–H and O–H groups in total. The molecule has 2 fully saturated rings. The van der Waals surface area contributed by atoms with E-state index < -0.39 is 0 Å². The van der Waals surface area contributed by atoms with E-state index in [1.165, 1.54) is 43.4 Å². The molecule has 0 aliphatic heterocycles. The lowest BCUT2D eigenvalue weighted by molar-refractivity contribution is 0.582. The van der Waals surface area contributed by atoms with Crippen molar-refractivity contribution in [3.63, 3.8) is 0 Å². The van der Waals surface area contributed by atoms with Crippen molar-refractivity contribution in [1.29, 1.82) is 0 Å². The van der Waals surface area contributed by atoms with E-state index in [4.69, 9.17) is 0 Å². The van der Waals surface area contributed by atoms with Crippen LogP contribution in [0, 0.1) is 0 Å². The van der Waals surface area contributed by atoms with Gasteiger partial charge in [0.1, 0.15) is 0 Å². The van der Waals surface area contributed by atoms with Crippen LogP contribution in [0.15, 0.2) is 40.2 Å². The van der Waals surface area contributed by atoms with Crippen LogP contribution in [0.25, 0.3) is 0 Å². The van der Waals surface area contributed by atoms with E-state index >= 15 is 0 Å². The van der Waals surface area contributed by atoms with Crippen molar-refractivity contribution in [2.75, 3.05) is 13.6 Å². The van der Waals surface area contributed by atoms with Crippen molar-refractivity contribution in [2.24, 2.45) is 4.99 Å². The molecule has 1 aromatic carbocycles. The van der Waals surface area contributed by atoms with Gasteiger partial charge in [-0.2, -0.15) is 0 Å². The van der Waals surface area contributed by atoms with Crippen LogP contribution in [-0.2, 0) is 0 Å². The van der Waals surface area contributed by atoms with Gasteiger partial charge in [0, 0.05) is 29.3 Å². The molecule has 2 aliphatic carbocycles. The number of hydrogen-bond acceptors (Lipinski definition) is 2. The van der Waals surface area contributed by atoms with Gasteiger partial charge in [-0.1, -0.05) is 31.0 Å². The molecule has 0 radical (unpaired) electrons. The van der Waals surface area contributed by atoms with Crippen molar-refractivity contribution < 1.29 is 0 Å². The summed E-state index contributed by atoms with van der Waals surface area (Å²) in [5.41, 5.74) is 0. The highest BCUT2D eigenvalue weighted by molar-refractivity contribution is 14.0. The minimum atomic E-state index is 0. The first-order valence-electron chi connectivity index (χ1n) is 8.01. The molecule has 2 aliphatic rings. The van der Waals surface area contributed by atoms with Gasteiger partial charge in [-0.25, -0.2) is 0 Å². The zero-order valence-electron chi connectivity index (χ0n) is 13.2. The van der Waals surface area contributed by atoms with Crippen molar-refractivity contribution in [3.05, 3.63) is 30.3 Å². The zero-order chi connectivity index (χ0) is 14.5. The summed E-state index contributed by atoms with van der Waals surface area (Å²) in [7, 11) is 1.86. The molecule has 0 amide bonds. The monoisotopic (exact) mass is 431 g/mol. The summed E-state index contributed by atoms with van der Waals surface area (Å²) in [6, 6.07) is 11.4. The Kier molecular flexibility index (Phi) is 6.87. The van der Waals surface area contributed by atoms with E-state index in [0.717, 1.165) is 12.5 Å². The predicted octanol–water partition coefficient (Wildman–Crippen LogP) is 4.04. The lowest BCUT2D eigenvalue weighted by atomic mass is 10.1. The van der Waals surface area contributed by atoms with Gasteiger partial charge in [-0.15, -0.1) is 35.7 Å². The Morgan fingerprint density at radius 2 is 1.91 bits per heavy atom. The molecule has 0 saturated heterocycles. The second-order valence-corrected chi connectivity index (χ2v) is 7.69. The number of hydrogen-bond donors (Lipinski definition) is 2. The van der Waals surface area contributed by atoms with Crippen molar-refractivity contribution in [2.45, 2.75) is 54.2 Å². The number of rotatable bonds is 5. The highest BCUT2D eigenvalue weighted by Crippen LogP contribution is 2.44. The maximum absolute atomic E-state index is 4.35. The summed E-state index contributed by atoms with van der Waals surface area (Å²) in [6.07, 6.45) is 7.83. The van der Waals surface area contributed by atoms with E-state index in [0.29, 0.717) is 10.8 Å². The van der Waals surface area contributed by atoms with E-state index in [1.807, 2.05) is 18.8 Å². The van der Waals surface area contributed by atoms with Crippen LogP contribution in [0.2, 0.25) is 0 Å². The Morgan fingerprint density at radius 1 is 1.23 bits per heavy atom. The lowest BCUT2D eigenvalue weighted by Gasteiger charge is -2.29. The smallest absolute Gasteiger partial charge is 0.191 e. The molecule has 0 spiro atoms. The standard InChI is InChI=1S/C17H25N3S.HI/c1-18-16(20-14-9-10-14)19-13-17(11-5-6-12-17)21-15-7-3-2-4-8-15;/h2-4,7-8,14H,5-6,9-13H2,1H3,(H2,18,19,20);1H. The van der Waals surface area contributed by atoms with Gasteiger partial charge in [0.2, 0.25) is 0 Å². The second-order valence-electron chi connectivity index (χ2n) is 6.15. The Morgan fingerprint density at radius 3 is 2.50 bits per heavy atom. The van der Waals surface area contributed by atoms with Gasteiger partial charge in [0.25, 0.3) is 0 Å². The van der Waals surface area contributed by atoms with Crippen molar-refractivity contribution >= 4 is 41.7 Å². The third-order valence-electron chi connectivity index (χ3n) is 4.31. The Bertz CT molecular complexity index is 482. The van der Waals surface area contributed by atoms with E-state index in [2.05, 4.69) is 46.0 Å². The third kappa shape index (κ3) is 5.05. The normalized spacial score (nSPS) is 20.3. The van der Waals surface area contributed by atoms with Crippen LogP contribution >= 0.6 is 35.7 Å². The van der Waals surface area contributed by atoms with Crippen LogP contribution in [-0.4, -0.2) is 30.3 Å². The number of thioether (sulfide) groups is 1. The average Bonchev–Trinajstić information content (AvgIpc) is 3.22. The minimum absolute atomic E-state index is 0. The molecule has 3 nitrogen and oxygen atoms in total. The fraction of sp³-hybridized carbons (Fsp3) is 0.588. The van der Waals surface area contributed by atoms with Crippen molar-refractivity contribution in [3.8, 4) is 0 Å². The Hall–Kier alpha value is -0.430. The summed E-state index contributed by atoms with van der Waals surface area (Å²) >= 11 is 2.04. The first-order chi connectivity index (χ1) is 10.3. The van der Waals surface area contributed by atoms with Crippen molar-refractivity contribution in [1.82, 2.24) is 10.6 Å². The van der Waals surface area contributed by atoms with Gasteiger partial charge in [-0.3, -0.25) is 4.99 Å². The molecule has 22 heavy (non-hydrogen) atoms. The largest absolute Gasteiger partial charge is 0.355 e. The maximum Gasteiger partial charge on any atom is 0.191 e. The molecular formula is C17H26IN3S. The van der Waals surface area contributed by atoms with Gasteiger partial charge in [0.15, 0.2) is 5.96 Å². The predicted molar refractivity (Wildman–Crippen MR) is 106 cm³/mol. The molecule has 1 aromatic rings. The van der Waals surface area contributed by atoms with Crippen LogP contribution in [0.4, 0.5) is 0 Å². The van der Waals surface area contributed by atoms with Gasteiger partial charge in [-0.05, 0) is 37.8 Å². The number of benzene rings is 1. The first-order valence-corrected chi connectivity index (χ1v) is 8.83.